The van der Waals surface area contributed by atoms with Gasteiger partial charge in [0.25, 0.3) is 0 Å². The third-order valence-corrected chi connectivity index (χ3v) is 4.49. The van der Waals surface area contributed by atoms with E-state index in [4.69, 9.17) is 4.74 Å². The van der Waals surface area contributed by atoms with Gasteiger partial charge in [0.2, 0.25) is 5.91 Å². The van der Waals surface area contributed by atoms with Crippen LogP contribution >= 0.6 is 0 Å². The molecule has 2 fully saturated rings. The molecular formula is C15H28N2O2. The number of hydrogen-bond donors (Lipinski definition) is 2. The second-order valence-electron chi connectivity index (χ2n) is 6.13. The summed E-state index contributed by atoms with van der Waals surface area (Å²) in [6, 6.07) is 0.565. The molecule has 4 heteroatoms. The molecule has 0 spiro atoms. The highest BCUT2D eigenvalue weighted by molar-refractivity contribution is 5.80. The van der Waals surface area contributed by atoms with Gasteiger partial charge >= 0.3 is 0 Å². The van der Waals surface area contributed by atoms with Crippen LogP contribution in [0.1, 0.15) is 46.0 Å². The molecule has 1 aliphatic carbocycles. The van der Waals surface area contributed by atoms with E-state index in [9.17, 15) is 4.79 Å². The van der Waals surface area contributed by atoms with Gasteiger partial charge in [0.05, 0.1) is 19.1 Å². The van der Waals surface area contributed by atoms with Gasteiger partial charge in [0, 0.05) is 12.1 Å². The molecule has 1 heterocycles. The summed E-state index contributed by atoms with van der Waals surface area (Å²) in [5.41, 5.74) is 0. The summed E-state index contributed by atoms with van der Waals surface area (Å²) in [7, 11) is 0. The van der Waals surface area contributed by atoms with Crippen LogP contribution in [-0.2, 0) is 9.53 Å². The molecule has 2 aliphatic rings. The first kappa shape index (κ1) is 14.8. The van der Waals surface area contributed by atoms with E-state index in [1.165, 1.54) is 19.3 Å². The minimum atomic E-state index is -0.0133. The van der Waals surface area contributed by atoms with Crippen LogP contribution in [0.15, 0.2) is 0 Å². The number of carbonyl (C=O) groups is 1. The highest BCUT2D eigenvalue weighted by Crippen LogP contribution is 2.23. The first-order valence-corrected chi connectivity index (χ1v) is 7.82. The van der Waals surface area contributed by atoms with E-state index in [2.05, 4.69) is 24.5 Å². The van der Waals surface area contributed by atoms with Crippen molar-refractivity contribution in [2.75, 3.05) is 19.8 Å². The molecule has 1 aliphatic heterocycles. The highest BCUT2D eigenvalue weighted by Gasteiger charge is 2.34. The van der Waals surface area contributed by atoms with Gasteiger partial charge in [-0.25, -0.2) is 0 Å². The molecule has 4 nitrogen and oxygen atoms in total. The number of carbonyl (C=O) groups excluding carboxylic acids is 1. The molecule has 0 bridgehead atoms. The largest absolute Gasteiger partial charge is 0.379 e. The van der Waals surface area contributed by atoms with Crippen LogP contribution in [0.25, 0.3) is 0 Å². The van der Waals surface area contributed by atoms with Crippen LogP contribution in [0.5, 0.6) is 0 Å². The second-order valence-corrected chi connectivity index (χ2v) is 6.13. The van der Waals surface area contributed by atoms with Crippen molar-refractivity contribution in [3.63, 3.8) is 0 Å². The van der Waals surface area contributed by atoms with Gasteiger partial charge in [-0.2, -0.15) is 0 Å². The standard InChI is InChI=1S/C15H28N2O2/c1-3-16-14-10-19-9-13(14)15(18)17-12-6-4-5-11(2)7-8-12/h11-14,16H,3-10H2,1-2H3,(H,17,18). The van der Waals surface area contributed by atoms with Crippen molar-refractivity contribution in [2.45, 2.75) is 58.0 Å². The topological polar surface area (TPSA) is 50.4 Å². The van der Waals surface area contributed by atoms with E-state index < -0.39 is 0 Å². The normalized spacial score (nSPS) is 35.9. The lowest BCUT2D eigenvalue weighted by atomic mass is 10.0. The van der Waals surface area contributed by atoms with Gasteiger partial charge in [-0.05, 0) is 31.7 Å². The molecule has 19 heavy (non-hydrogen) atoms. The molecular weight excluding hydrogens is 240 g/mol. The summed E-state index contributed by atoms with van der Waals surface area (Å²) >= 11 is 0. The summed E-state index contributed by atoms with van der Waals surface area (Å²) in [4.78, 5) is 12.4. The zero-order chi connectivity index (χ0) is 13.7. The Balaban J connectivity index is 1.82. The molecule has 2 N–H and O–H groups in total. The van der Waals surface area contributed by atoms with E-state index >= 15 is 0 Å². The van der Waals surface area contributed by atoms with Gasteiger partial charge in [-0.15, -0.1) is 0 Å². The summed E-state index contributed by atoms with van der Waals surface area (Å²) in [6.07, 6.45) is 6.05. The molecule has 0 radical (unpaired) electrons. The van der Waals surface area contributed by atoms with Gasteiger partial charge in [-0.1, -0.05) is 26.7 Å². The molecule has 110 valence electrons. The van der Waals surface area contributed by atoms with Crippen molar-refractivity contribution >= 4 is 5.91 Å². The Morgan fingerprint density at radius 1 is 1.21 bits per heavy atom. The predicted octanol–water partition coefficient (Wildman–Crippen LogP) is 1.70. The van der Waals surface area contributed by atoms with Crippen molar-refractivity contribution < 1.29 is 9.53 Å². The maximum atomic E-state index is 12.4. The summed E-state index contributed by atoms with van der Waals surface area (Å²) < 4.78 is 5.45. The molecule has 1 saturated heterocycles. The summed E-state index contributed by atoms with van der Waals surface area (Å²) in [5.74, 6) is 0.981. The minimum absolute atomic E-state index is 0.0133. The van der Waals surface area contributed by atoms with Crippen molar-refractivity contribution in [1.82, 2.24) is 10.6 Å². The average Bonchev–Trinajstić information content (AvgIpc) is 2.75. The highest BCUT2D eigenvalue weighted by atomic mass is 16.5. The van der Waals surface area contributed by atoms with Crippen LogP contribution in [0.4, 0.5) is 0 Å². The molecule has 1 saturated carbocycles. The summed E-state index contributed by atoms with van der Waals surface area (Å²) in [6.45, 7) is 6.50. The van der Waals surface area contributed by atoms with Crippen molar-refractivity contribution in [2.24, 2.45) is 11.8 Å². The first-order chi connectivity index (χ1) is 9.20. The van der Waals surface area contributed by atoms with Crippen molar-refractivity contribution in [1.29, 1.82) is 0 Å². The number of nitrogens with one attached hydrogen (secondary N) is 2. The van der Waals surface area contributed by atoms with Crippen LogP contribution in [0.2, 0.25) is 0 Å². The third-order valence-electron chi connectivity index (χ3n) is 4.49. The molecule has 4 atom stereocenters. The number of likely N-dealkylation sites (N-methyl/N-ethyl adjacent to an activating group) is 1. The van der Waals surface area contributed by atoms with Gasteiger partial charge in [0.1, 0.15) is 0 Å². The maximum absolute atomic E-state index is 12.4. The zero-order valence-corrected chi connectivity index (χ0v) is 12.3. The Morgan fingerprint density at radius 2 is 2.05 bits per heavy atom. The SMILES string of the molecule is CCNC1COCC1C(=O)NC1CCCC(C)CC1. The number of hydrogen-bond acceptors (Lipinski definition) is 3. The lowest BCUT2D eigenvalue weighted by molar-refractivity contribution is -0.126. The van der Waals surface area contributed by atoms with Crippen LogP contribution in [0.3, 0.4) is 0 Å². The quantitative estimate of drug-likeness (QED) is 0.763. The Kier molecular flexibility index (Phi) is 5.64. The van der Waals surface area contributed by atoms with Crippen LogP contribution in [0, 0.1) is 11.8 Å². The fraction of sp³-hybridized carbons (Fsp3) is 0.933. The molecule has 1 amide bonds. The van der Waals surface area contributed by atoms with Crippen molar-refractivity contribution in [3.05, 3.63) is 0 Å². The minimum Gasteiger partial charge on any atom is -0.379 e. The number of amides is 1. The molecule has 0 aromatic carbocycles. The van der Waals surface area contributed by atoms with E-state index in [1.54, 1.807) is 0 Å². The average molecular weight is 268 g/mol. The first-order valence-electron chi connectivity index (χ1n) is 7.82. The Labute approximate surface area is 116 Å². The smallest absolute Gasteiger partial charge is 0.227 e. The van der Waals surface area contributed by atoms with E-state index in [1.807, 2.05) is 0 Å². The van der Waals surface area contributed by atoms with Crippen LogP contribution in [-0.4, -0.2) is 37.7 Å². The van der Waals surface area contributed by atoms with Crippen molar-refractivity contribution in [3.8, 4) is 0 Å². The van der Waals surface area contributed by atoms with E-state index in [0.29, 0.717) is 19.3 Å². The lowest BCUT2D eigenvalue weighted by Crippen LogP contribution is -2.46. The second kappa shape index (κ2) is 7.25. The summed E-state index contributed by atoms with van der Waals surface area (Å²) in [5, 5.41) is 6.60. The predicted molar refractivity (Wildman–Crippen MR) is 76.0 cm³/mol. The molecule has 0 aromatic heterocycles. The fourth-order valence-electron chi connectivity index (χ4n) is 3.22. The van der Waals surface area contributed by atoms with Crippen LogP contribution < -0.4 is 10.6 Å². The molecule has 4 unspecified atom stereocenters. The van der Waals surface area contributed by atoms with E-state index in [0.717, 1.165) is 25.3 Å². The molecule has 0 aromatic rings. The molecule has 2 rings (SSSR count). The Hall–Kier alpha value is -0.610. The van der Waals surface area contributed by atoms with Gasteiger partial charge in [-0.3, -0.25) is 4.79 Å². The number of rotatable bonds is 4. The monoisotopic (exact) mass is 268 g/mol. The Bertz CT molecular complexity index is 296. The lowest BCUT2D eigenvalue weighted by Gasteiger charge is -2.22. The number of ether oxygens (including phenoxy) is 1. The maximum Gasteiger partial charge on any atom is 0.227 e. The van der Waals surface area contributed by atoms with E-state index in [-0.39, 0.29) is 17.9 Å². The zero-order valence-electron chi connectivity index (χ0n) is 12.3. The van der Waals surface area contributed by atoms with Gasteiger partial charge in [0.15, 0.2) is 0 Å². The Morgan fingerprint density at radius 3 is 2.84 bits per heavy atom. The van der Waals surface area contributed by atoms with Gasteiger partial charge < -0.3 is 15.4 Å². The third kappa shape index (κ3) is 4.18. The fourth-order valence-corrected chi connectivity index (χ4v) is 3.22.